The topological polar surface area (TPSA) is 0 Å². The Morgan fingerprint density at radius 3 is 2.56 bits per heavy atom. The summed E-state index contributed by atoms with van der Waals surface area (Å²) in [6.07, 6.45) is 3.44. The second kappa shape index (κ2) is 4.70. The lowest BCUT2D eigenvalue weighted by atomic mass is 9.90. The fraction of sp³-hybridized carbons (Fsp3) is 0.538. The Morgan fingerprint density at radius 1 is 1.25 bits per heavy atom. The molecule has 16 heavy (non-hydrogen) atoms. The molecule has 0 heterocycles. The summed E-state index contributed by atoms with van der Waals surface area (Å²) < 4.78 is 25.9. The molecule has 0 spiro atoms. The number of halogens is 3. The lowest BCUT2D eigenvalue weighted by Gasteiger charge is -2.21. The molecule has 0 saturated heterocycles. The van der Waals surface area contributed by atoms with Crippen LogP contribution in [-0.2, 0) is 0 Å². The van der Waals surface area contributed by atoms with Crippen LogP contribution in [0.3, 0.4) is 0 Å². The summed E-state index contributed by atoms with van der Waals surface area (Å²) in [7, 11) is 0. The molecular weight excluding hydrogens is 230 g/mol. The van der Waals surface area contributed by atoms with Crippen LogP contribution in [0, 0.1) is 23.5 Å². The monoisotopic (exact) mass is 244 g/mol. The molecule has 3 heteroatoms. The quantitative estimate of drug-likeness (QED) is 0.663. The molecule has 0 N–H and O–H groups in total. The molecular formula is C13H15ClF2. The second-order valence-corrected chi connectivity index (χ2v) is 5.12. The molecule has 0 radical (unpaired) electrons. The number of alkyl halides is 1. The minimum absolute atomic E-state index is 0.201. The van der Waals surface area contributed by atoms with Gasteiger partial charge < -0.3 is 0 Å². The predicted octanol–water partition coefficient (Wildman–Crippen LogP) is 4.68. The molecule has 0 aliphatic heterocycles. The van der Waals surface area contributed by atoms with Crippen molar-refractivity contribution in [3.8, 4) is 0 Å². The van der Waals surface area contributed by atoms with Gasteiger partial charge >= 0.3 is 0 Å². The first-order valence-electron chi connectivity index (χ1n) is 5.68. The first kappa shape index (κ1) is 11.8. The molecule has 1 aromatic rings. The lowest BCUT2D eigenvalue weighted by molar-refractivity contribution is 0.404. The molecule has 0 nitrogen and oxygen atoms in total. The average Bonchev–Trinajstić information content (AvgIpc) is 2.67. The summed E-state index contributed by atoms with van der Waals surface area (Å²) >= 11 is 6.34. The van der Waals surface area contributed by atoms with Gasteiger partial charge in [0.1, 0.15) is 0 Å². The fourth-order valence-electron chi connectivity index (χ4n) is 2.54. The van der Waals surface area contributed by atoms with Crippen LogP contribution in [0.1, 0.15) is 37.1 Å². The molecule has 1 aliphatic rings. The van der Waals surface area contributed by atoms with Crippen LogP contribution < -0.4 is 0 Å². The van der Waals surface area contributed by atoms with E-state index >= 15 is 0 Å². The zero-order chi connectivity index (χ0) is 11.7. The van der Waals surface area contributed by atoms with E-state index < -0.39 is 11.6 Å². The summed E-state index contributed by atoms with van der Waals surface area (Å²) in [5.41, 5.74) is 0.694. The average molecular weight is 245 g/mol. The highest BCUT2D eigenvalue weighted by molar-refractivity contribution is 6.21. The Bertz CT molecular complexity index is 378. The van der Waals surface area contributed by atoms with E-state index in [2.05, 4.69) is 6.92 Å². The van der Waals surface area contributed by atoms with Crippen molar-refractivity contribution in [1.29, 1.82) is 0 Å². The molecule has 88 valence electrons. The van der Waals surface area contributed by atoms with Gasteiger partial charge in [-0.3, -0.25) is 0 Å². The fourth-order valence-corrected chi connectivity index (χ4v) is 3.05. The van der Waals surface area contributed by atoms with Gasteiger partial charge in [0, 0.05) is 0 Å². The lowest BCUT2D eigenvalue weighted by Crippen LogP contribution is -2.11. The molecule has 0 amide bonds. The summed E-state index contributed by atoms with van der Waals surface area (Å²) in [6.45, 7) is 2.17. The Hall–Kier alpha value is -0.630. The summed E-state index contributed by atoms with van der Waals surface area (Å²) in [5.74, 6) is -0.678. The maximum Gasteiger partial charge on any atom is 0.159 e. The van der Waals surface area contributed by atoms with Crippen LogP contribution in [-0.4, -0.2) is 0 Å². The Labute approximate surface area is 99.6 Å². The van der Waals surface area contributed by atoms with Crippen LogP contribution in [0.4, 0.5) is 8.78 Å². The molecule has 1 fully saturated rings. The van der Waals surface area contributed by atoms with E-state index in [-0.39, 0.29) is 5.38 Å². The van der Waals surface area contributed by atoms with Crippen LogP contribution in [0.25, 0.3) is 0 Å². The highest BCUT2D eigenvalue weighted by Gasteiger charge is 2.30. The van der Waals surface area contributed by atoms with Crippen LogP contribution >= 0.6 is 11.6 Å². The Morgan fingerprint density at radius 2 is 2.00 bits per heavy atom. The van der Waals surface area contributed by atoms with Gasteiger partial charge in [0.2, 0.25) is 0 Å². The maximum absolute atomic E-state index is 13.1. The van der Waals surface area contributed by atoms with Crippen molar-refractivity contribution < 1.29 is 8.78 Å². The third-order valence-electron chi connectivity index (χ3n) is 3.57. The number of hydrogen-bond acceptors (Lipinski definition) is 0. The highest BCUT2D eigenvalue weighted by atomic mass is 35.5. The van der Waals surface area contributed by atoms with Crippen molar-refractivity contribution in [2.24, 2.45) is 11.8 Å². The molecule has 3 unspecified atom stereocenters. The van der Waals surface area contributed by atoms with Gasteiger partial charge in [-0.25, -0.2) is 8.78 Å². The molecule has 0 aromatic heterocycles. The van der Waals surface area contributed by atoms with Crippen LogP contribution in [0.5, 0.6) is 0 Å². The Balaban J connectivity index is 2.20. The molecule has 0 bridgehead atoms. The molecule has 2 rings (SSSR count). The van der Waals surface area contributed by atoms with E-state index in [0.29, 0.717) is 17.4 Å². The number of benzene rings is 1. The van der Waals surface area contributed by atoms with Gasteiger partial charge in [-0.15, -0.1) is 11.6 Å². The van der Waals surface area contributed by atoms with Crippen molar-refractivity contribution in [3.63, 3.8) is 0 Å². The first-order chi connectivity index (χ1) is 7.59. The molecule has 1 aromatic carbocycles. The standard InChI is InChI=1S/C13H15ClF2/c1-8-3-2-4-10(8)13(14)9-5-6-11(15)12(16)7-9/h5-8,10,13H,2-4H2,1H3. The minimum atomic E-state index is -0.813. The number of rotatable bonds is 2. The van der Waals surface area contributed by atoms with Crippen molar-refractivity contribution >= 4 is 11.6 Å². The number of hydrogen-bond donors (Lipinski definition) is 0. The largest absolute Gasteiger partial charge is 0.204 e. The van der Waals surface area contributed by atoms with E-state index in [1.54, 1.807) is 6.07 Å². The van der Waals surface area contributed by atoms with Crippen LogP contribution in [0.2, 0.25) is 0 Å². The zero-order valence-electron chi connectivity index (χ0n) is 9.22. The maximum atomic E-state index is 13.1. The van der Waals surface area contributed by atoms with Crippen molar-refractivity contribution in [2.45, 2.75) is 31.6 Å². The normalized spacial score (nSPS) is 27.0. The van der Waals surface area contributed by atoms with Crippen molar-refractivity contribution in [3.05, 3.63) is 35.4 Å². The highest BCUT2D eigenvalue weighted by Crippen LogP contribution is 2.43. The first-order valence-corrected chi connectivity index (χ1v) is 6.12. The third kappa shape index (κ3) is 2.22. The minimum Gasteiger partial charge on any atom is -0.204 e. The third-order valence-corrected chi connectivity index (χ3v) is 4.14. The summed E-state index contributed by atoms with van der Waals surface area (Å²) in [5, 5.41) is -0.201. The molecule has 1 saturated carbocycles. The van der Waals surface area contributed by atoms with E-state index in [1.807, 2.05) is 0 Å². The summed E-state index contributed by atoms with van der Waals surface area (Å²) in [4.78, 5) is 0. The van der Waals surface area contributed by atoms with E-state index in [9.17, 15) is 8.78 Å². The van der Waals surface area contributed by atoms with Gasteiger partial charge in [-0.2, -0.15) is 0 Å². The Kier molecular flexibility index (Phi) is 3.48. The van der Waals surface area contributed by atoms with E-state index in [0.717, 1.165) is 12.5 Å². The van der Waals surface area contributed by atoms with Gasteiger partial charge in [0.25, 0.3) is 0 Å². The van der Waals surface area contributed by atoms with Crippen molar-refractivity contribution in [1.82, 2.24) is 0 Å². The van der Waals surface area contributed by atoms with Crippen molar-refractivity contribution in [2.75, 3.05) is 0 Å². The smallest absolute Gasteiger partial charge is 0.159 e. The van der Waals surface area contributed by atoms with Gasteiger partial charge in [0.15, 0.2) is 11.6 Å². The SMILES string of the molecule is CC1CCCC1C(Cl)c1ccc(F)c(F)c1. The molecule has 3 atom stereocenters. The molecule has 1 aliphatic carbocycles. The van der Waals surface area contributed by atoms with Gasteiger partial charge in [0.05, 0.1) is 5.38 Å². The van der Waals surface area contributed by atoms with E-state index in [1.165, 1.54) is 18.9 Å². The van der Waals surface area contributed by atoms with Gasteiger partial charge in [-0.05, 0) is 36.0 Å². The van der Waals surface area contributed by atoms with Gasteiger partial charge in [-0.1, -0.05) is 25.8 Å². The predicted molar refractivity (Wildman–Crippen MR) is 61.5 cm³/mol. The second-order valence-electron chi connectivity index (χ2n) is 4.65. The van der Waals surface area contributed by atoms with E-state index in [4.69, 9.17) is 11.6 Å². The zero-order valence-corrected chi connectivity index (χ0v) is 9.98. The summed E-state index contributed by atoms with van der Waals surface area (Å²) in [6, 6.07) is 3.96. The van der Waals surface area contributed by atoms with Crippen LogP contribution in [0.15, 0.2) is 18.2 Å².